The Hall–Kier alpha value is -2.24. The highest BCUT2D eigenvalue weighted by molar-refractivity contribution is 5.88. The molecule has 6 heteroatoms. The van der Waals surface area contributed by atoms with E-state index in [1.54, 1.807) is 7.05 Å². The zero-order chi connectivity index (χ0) is 13.3. The van der Waals surface area contributed by atoms with Gasteiger partial charge in [-0.15, -0.1) is 0 Å². The Bertz CT molecular complexity index is 608. The van der Waals surface area contributed by atoms with Crippen LogP contribution in [-0.2, 0) is 11.8 Å². The van der Waals surface area contributed by atoms with Crippen LogP contribution in [0.3, 0.4) is 0 Å². The van der Waals surface area contributed by atoms with Crippen LogP contribution in [0.1, 0.15) is 10.5 Å². The number of carbonyl (C=O) groups excluding carboxylic acids is 1. The number of carbonyl (C=O) groups is 1. The number of rotatable bonds is 2. The van der Waals surface area contributed by atoms with Gasteiger partial charge in [-0.2, -0.15) is 5.10 Å². The van der Waals surface area contributed by atoms with E-state index >= 15 is 0 Å². The van der Waals surface area contributed by atoms with Crippen LogP contribution in [-0.4, -0.2) is 22.9 Å². The first-order chi connectivity index (χ1) is 8.52. The third kappa shape index (κ3) is 2.09. The lowest BCUT2D eigenvalue weighted by molar-refractivity contribution is 0.0593. The Morgan fingerprint density at radius 3 is 2.61 bits per heavy atom. The quantitative estimate of drug-likeness (QED) is 0.769. The number of aromatic nitrogens is 2. The predicted octanol–water partition coefficient (Wildman–Crippen LogP) is 2.15. The zero-order valence-corrected chi connectivity index (χ0v) is 9.78. The van der Waals surface area contributed by atoms with Crippen molar-refractivity contribution < 1.29 is 18.3 Å². The van der Waals surface area contributed by atoms with Gasteiger partial charge in [0.2, 0.25) is 0 Å². The Kier molecular flexibility index (Phi) is 3.10. The summed E-state index contributed by atoms with van der Waals surface area (Å²) in [5.41, 5.74) is 1.04. The zero-order valence-electron chi connectivity index (χ0n) is 9.78. The number of halogens is 2. The van der Waals surface area contributed by atoms with Crippen LogP contribution in [0.4, 0.5) is 8.78 Å². The molecule has 0 radical (unpaired) electrons. The van der Waals surface area contributed by atoms with Gasteiger partial charge in [-0.3, -0.25) is 4.68 Å². The van der Waals surface area contributed by atoms with Crippen LogP contribution in [0.5, 0.6) is 0 Å². The largest absolute Gasteiger partial charge is 0.464 e. The van der Waals surface area contributed by atoms with E-state index in [-0.39, 0.29) is 5.69 Å². The van der Waals surface area contributed by atoms with Gasteiger partial charge < -0.3 is 4.74 Å². The number of methoxy groups -OCH3 is 1. The second-order valence-corrected chi connectivity index (χ2v) is 3.66. The van der Waals surface area contributed by atoms with Crippen LogP contribution < -0.4 is 0 Å². The average molecular weight is 252 g/mol. The first-order valence-electron chi connectivity index (χ1n) is 5.10. The summed E-state index contributed by atoms with van der Waals surface area (Å²) in [6, 6.07) is 4.94. The summed E-state index contributed by atoms with van der Waals surface area (Å²) in [7, 11) is 2.84. The molecule has 18 heavy (non-hydrogen) atoms. The van der Waals surface area contributed by atoms with Crippen LogP contribution in [0, 0.1) is 11.6 Å². The summed E-state index contributed by atoms with van der Waals surface area (Å²) >= 11 is 0. The monoisotopic (exact) mass is 252 g/mol. The van der Waals surface area contributed by atoms with E-state index < -0.39 is 17.6 Å². The summed E-state index contributed by atoms with van der Waals surface area (Å²) in [6.07, 6.45) is 0. The molecule has 0 atom stereocenters. The summed E-state index contributed by atoms with van der Waals surface area (Å²) in [5.74, 6) is -2.46. The maximum Gasteiger partial charge on any atom is 0.358 e. The lowest BCUT2D eigenvalue weighted by Gasteiger charge is -2.01. The molecule has 1 heterocycles. The molecule has 0 bridgehead atoms. The molecule has 0 N–H and O–H groups in total. The molecule has 0 fully saturated rings. The van der Waals surface area contributed by atoms with Crippen molar-refractivity contribution in [1.29, 1.82) is 0 Å². The topological polar surface area (TPSA) is 44.1 Å². The molecule has 2 rings (SSSR count). The normalized spacial score (nSPS) is 10.4. The van der Waals surface area contributed by atoms with Crippen molar-refractivity contribution in [2.75, 3.05) is 7.11 Å². The fourth-order valence-corrected chi connectivity index (χ4v) is 1.60. The Morgan fingerprint density at radius 1 is 1.28 bits per heavy atom. The molecule has 0 saturated carbocycles. The Morgan fingerprint density at radius 2 is 2.00 bits per heavy atom. The second-order valence-electron chi connectivity index (χ2n) is 3.66. The highest BCUT2D eigenvalue weighted by Gasteiger charge is 2.15. The summed E-state index contributed by atoms with van der Waals surface area (Å²) in [4.78, 5) is 11.3. The van der Waals surface area contributed by atoms with Gasteiger partial charge in [0.25, 0.3) is 0 Å². The van der Waals surface area contributed by atoms with Gasteiger partial charge in [-0.25, -0.2) is 13.6 Å². The summed E-state index contributed by atoms with van der Waals surface area (Å²) in [6.45, 7) is 0. The molecule has 0 unspecified atom stereocenters. The molecule has 0 saturated heterocycles. The van der Waals surface area contributed by atoms with Crippen molar-refractivity contribution in [2.45, 2.75) is 0 Å². The molecule has 1 aromatic carbocycles. The van der Waals surface area contributed by atoms with Crippen molar-refractivity contribution >= 4 is 5.97 Å². The molecule has 0 amide bonds. The number of hydrogen-bond acceptors (Lipinski definition) is 3. The van der Waals surface area contributed by atoms with Crippen molar-refractivity contribution in [2.24, 2.45) is 7.05 Å². The Labute approximate surface area is 102 Å². The Balaban J connectivity index is 2.47. The molecule has 0 spiro atoms. The van der Waals surface area contributed by atoms with E-state index in [0.29, 0.717) is 11.3 Å². The van der Waals surface area contributed by atoms with Gasteiger partial charge in [0, 0.05) is 12.6 Å². The molecule has 4 nitrogen and oxygen atoms in total. The van der Waals surface area contributed by atoms with Crippen molar-refractivity contribution in [1.82, 2.24) is 9.78 Å². The molecule has 1 aromatic heterocycles. The number of benzene rings is 1. The third-order valence-corrected chi connectivity index (χ3v) is 2.49. The van der Waals surface area contributed by atoms with Gasteiger partial charge in [0.1, 0.15) is 0 Å². The van der Waals surface area contributed by atoms with Gasteiger partial charge in [0.15, 0.2) is 17.3 Å². The summed E-state index contributed by atoms with van der Waals surface area (Å²) in [5, 5.41) is 3.94. The number of esters is 1. The molecular formula is C12H10F2N2O2. The molecule has 0 aliphatic rings. The van der Waals surface area contributed by atoms with E-state index in [9.17, 15) is 13.6 Å². The SMILES string of the molecule is COC(=O)c1cc(-c2ccc(F)c(F)c2)n(C)n1. The number of hydrogen-bond donors (Lipinski definition) is 0. The second kappa shape index (κ2) is 4.56. The molecule has 2 aromatic rings. The van der Waals surface area contributed by atoms with Gasteiger partial charge in [-0.05, 0) is 24.3 Å². The van der Waals surface area contributed by atoms with Crippen LogP contribution in [0.15, 0.2) is 24.3 Å². The van der Waals surface area contributed by atoms with E-state index in [0.717, 1.165) is 12.1 Å². The fourth-order valence-electron chi connectivity index (χ4n) is 1.60. The number of ether oxygens (including phenoxy) is 1. The number of nitrogens with zero attached hydrogens (tertiary/aromatic N) is 2. The first kappa shape index (κ1) is 12.2. The molecule has 0 aliphatic carbocycles. The summed E-state index contributed by atoms with van der Waals surface area (Å²) < 4.78 is 31.9. The maximum absolute atomic E-state index is 13.1. The smallest absolute Gasteiger partial charge is 0.358 e. The van der Waals surface area contributed by atoms with E-state index in [1.807, 2.05) is 0 Å². The third-order valence-electron chi connectivity index (χ3n) is 2.49. The lowest BCUT2D eigenvalue weighted by Crippen LogP contribution is -2.03. The minimum atomic E-state index is -0.951. The minimum absolute atomic E-state index is 0.111. The van der Waals surface area contributed by atoms with Crippen LogP contribution in [0.2, 0.25) is 0 Å². The lowest BCUT2D eigenvalue weighted by atomic mass is 10.1. The predicted molar refractivity (Wildman–Crippen MR) is 59.9 cm³/mol. The highest BCUT2D eigenvalue weighted by atomic mass is 19.2. The first-order valence-corrected chi connectivity index (χ1v) is 5.10. The van der Waals surface area contributed by atoms with Crippen LogP contribution >= 0.6 is 0 Å². The van der Waals surface area contributed by atoms with E-state index in [4.69, 9.17) is 0 Å². The molecule has 0 aliphatic heterocycles. The van der Waals surface area contributed by atoms with Crippen molar-refractivity contribution in [3.63, 3.8) is 0 Å². The highest BCUT2D eigenvalue weighted by Crippen LogP contribution is 2.22. The molecular weight excluding hydrogens is 242 g/mol. The van der Waals surface area contributed by atoms with Gasteiger partial charge >= 0.3 is 5.97 Å². The number of aryl methyl sites for hydroxylation is 1. The maximum atomic E-state index is 13.1. The van der Waals surface area contributed by atoms with Gasteiger partial charge in [-0.1, -0.05) is 0 Å². The van der Waals surface area contributed by atoms with Crippen molar-refractivity contribution in [3.8, 4) is 11.3 Å². The van der Waals surface area contributed by atoms with E-state index in [2.05, 4.69) is 9.84 Å². The molecule has 94 valence electrons. The van der Waals surface area contributed by atoms with E-state index in [1.165, 1.54) is 23.9 Å². The standard InChI is InChI=1S/C12H10F2N2O2/c1-16-11(6-10(15-16)12(17)18-2)7-3-4-8(13)9(14)5-7/h3-6H,1-2H3. The van der Waals surface area contributed by atoms with Gasteiger partial charge in [0.05, 0.1) is 12.8 Å². The average Bonchev–Trinajstić information content (AvgIpc) is 2.74. The fraction of sp³-hybridized carbons (Fsp3) is 0.167. The van der Waals surface area contributed by atoms with Crippen LogP contribution in [0.25, 0.3) is 11.3 Å². The van der Waals surface area contributed by atoms with Crippen molar-refractivity contribution in [3.05, 3.63) is 41.6 Å². The minimum Gasteiger partial charge on any atom is -0.464 e.